The second kappa shape index (κ2) is 5.79. The number of benzene rings is 2. The molecule has 0 bridgehead atoms. The molecule has 0 unspecified atom stereocenters. The fourth-order valence-electron chi connectivity index (χ4n) is 1.77. The van der Waals surface area contributed by atoms with Gasteiger partial charge in [-0.05, 0) is 68.3 Å². The zero-order valence-electron chi connectivity index (χ0n) is 10.5. The maximum atomic E-state index is 5.97. The number of nitrogen functional groups attached to an aromatic ring is 1. The molecule has 0 atom stereocenters. The molecule has 106 valence electrons. The minimum atomic E-state index is 0.412. The van der Waals surface area contributed by atoms with Gasteiger partial charge in [-0.25, -0.2) is 0 Å². The summed E-state index contributed by atoms with van der Waals surface area (Å²) in [6, 6.07) is 10.9. The molecule has 0 aliphatic carbocycles. The third-order valence-electron chi connectivity index (χ3n) is 2.85. The van der Waals surface area contributed by atoms with E-state index in [0.29, 0.717) is 22.4 Å². The van der Waals surface area contributed by atoms with Gasteiger partial charge in [0, 0.05) is 25.8 Å². The molecule has 0 saturated carbocycles. The first-order valence-corrected chi connectivity index (χ1v) is 7.85. The molecule has 2 N–H and O–H groups in total. The molecule has 1 aromatic heterocycles. The quantitative estimate of drug-likeness (QED) is 0.571. The van der Waals surface area contributed by atoms with E-state index in [9.17, 15) is 0 Å². The largest absolute Gasteiger partial charge is 0.398 e. The molecule has 0 aliphatic heterocycles. The van der Waals surface area contributed by atoms with Crippen molar-refractivity contribution in [3.05, 3.63) is 50.4 Å². The summed E-state index contributed by atoms with van der Waals surface area (Å²) < 4.78 is 6.89. The molecular formula is C14H8Br2ClN3O. The van der Waals surface area contributed by atoms with Crippen molar-refractivity contribution < 1.29 is 4.52 Å². The zero-order chi connectivity index (χ0) is 15.0. The van der Waals surface area contributed by atoms with Crippen LogP contribution in [0.25, 0.3) is 22.8 Å². The molecular weight excluding hydrogens is 421 g/mol. The summed E-state index contributed by atoms with van der Waals surface area (Å²) in [6.45, 7) is 0. The molecule has 0 aliphatic rings. The van der Waals surface area contributed by atoms with Gasteiger partial charge in [-0.15, -0.1) is 0 Å². The molecule has 3 aromatic rings. The molecule has 1 heterocycles. The number of aromatic nitrogens is 2. The lowest BCUT2D eigenvalue weighted by atomic mass is 10.2. The van der Waals surface area contributed by atoms with Crippen LogP contribution in [-0.2, 0) is 0 Å². The van der Waals surface area contributed by atoms with E-state index in [1.54, 1.807) is 12.1 Å². The number of anilines is 1. The standard InChI is InChI=1S/C14H8Br2ClN3O/c15-9-3-1-8(6-12(9)18)14-19-13(20-21-14)7-2-4-11(17)10(16)5-7/h1-6H,18H2. The van der Waals surface area contributed by atoms with Crippen LogP contribution < -0.4 is 5.73 Å². The van der Waals surface area contributed by atoms with E-state index in [2.05, 4.69) is 42.0 Å². The van der Waals surface area contributed by atoms with Crippen LogP contribution in [0.3, 0.4) is 0 Å². The minimum absolute atomic E-state index is 0.412. The Hall–Kier alpha value is -1.37. The third-order valence-corrected chi connectivity index (χ3v) is 4.78. The van der Waals surface area contributed by atoms with E-state index in [-0.39, 0.29) is 0 Å². The second-order valence-corrected chi connectivity index (χ2v) is 6.40. The summed E-state index contributed by atoms with van der Waals surface area (Å²) in [4.78, 5) is 4.38. The molecule has 21 heavy (non-hydrogen) atoms. The Kier molecular flexibility index (Phi) is 4.01. The van der Waals surface area contributed by atoms with Gasteiger partial charge in [-0.2, -0.15) is 4.98 Å². The van der Waals surface area contributed by atoms with Crippen LogP contribution in [0.2, 0.25) is 5.02 Å². The molecule has 3 rings (SSSR count). The number of rotatable bonds is 2. The molecule has 0 radical (unpaired) electrons. The Balaban J connectivity index is 1.99. The normalized spacial score (nSPS) is 10.8. The number of hydrogen-bond acceptors (Lipinski definition) is 4. The Morgan fingerprint density at radius 2 is 1.76 bits per heavy atom. The van der Waals surface area contributed by atoms with Crippen molar-refractivity contribution in [2.75, 3.05) is 5.73 Å². The van der Waals surface area contributed by atoms with E-state index < -0.39 is 0 Å². The van der Waals surface area contributed by atoms with Crippen LogP contribution in [0.1, 0.15) is 0 Å². The molecule has 0 amide bonds. The van der Waals surface area contributed by atoms with Crippen molar-refractivity contribution in [3.8, 4) is 22.8 Å². The zero-order valence-corrected chi connectivity index (χ0v) is 14.4. The molecule has 4 nitrogen and oxygen atoms in total. The first-order valence-electron chi connectivity index (χ1n) is 5.89. The molecule has 0 spiro atoms. The summed E-state index contributed by atoms with van der Waals surface area (Å²) >= 11 is 12.7. The second-order valence-electron chi connectivity index (χ2n) is 4.29. The third kappa shape index (κ3) is 2.97. The van der Waals surface area contributed by atoms with Gasteiger partial charge in [0.25, 0.3) is 5.89 Å². The van der Waals surface area contributed by atoms with Crippen LogP contribution in [0.15, 0.2) is 49.9 Å². The highest BCUT2D eigenvalue weighted by Crippen LogP contribution is 2.30. The Morgan fingerprint density at radius 3 is 2.48 bits per heavy atom. The van der Waals surface area contributed by atoms with E-state index >= 15 is 0 Å². The predicted molar refractivity (Wildman–Crippen MR) is 90.0 cm³/mol. The van der Waals surface area contributed by atoms with Crippen molar-refractivity contribution in [3.63, 3.8) is 0 Å². The van der Waals surface area contributed by atoms with Crippen molar-refractivity contribution >= 4 is 49.1 Å². The van der Waals surface area contributed by atoms with Crippen molar-refractivity contribution in [1.29, 1.82) is 0 Å². The van der Waals surface area contributed by atoms with Gasteiger partial charge in [0.15, 0.2) is 0 Å². The summed E-state index contributed by atoms with van der Waals surface area (Å²) in [5.74, 6) is 0.902. The van der Waals surface area contributed by atoms with Gasteiger partial charge < -0.3 is 10.3 Å². The van der Waals surface area contributed by atoms with Crippen LogP contribution in [-0.4, -0.2) is 10.1 Å². The van der Waals surface area contributed by atoms with Crippen molar-refractivity contribution in [1.82, 2.24) is 10.1 Å². The SMILES string of the molecule is Nc1cc(-c2nc(-c3ccc(Cl)c(Br)c3)no2)ccc1Br. The average molecular weight is 429 g/mol. The lowest BCUT2D eigenvalue weighted by Crippen LogP contribution is -1.87. The summed E-state index contributed by atoms with van der Waals surface area (Å²) in [6.07, 6.45) is 0. The van der Waals surface area contributed by atoms with Crippen molar-refractivity contribution in [2.24, 2.45) is 0 Å². The van der Waals surface area contributed by atoms with E-state index in [0.717, 1.165) is 20.1 Å². The summed E-state index contributed by atoms with van der Waals surface area (Å²) in [5, 5.41) is 4.61. The maximum absolute atomic E-state index is 5.97. The smallest absolute Gasteiger partial charge is 0.258 e. The highest BCUT2D eigenvalue weighted by molar-refractivity contribution is 9.11. The highest BCUT2D eigenvalue weighted by atomic mass is 79.9. The van der Waals surface area contributed by atoms with E-state index in [1.165, 1.54) is 0 Å². The van der Waals surface area contributed by atoms with Crippen LogP contribution in [0.4, 0.5) is 5.69 Å². The lowest BCUT2D eigenvalue weighted by Gasteiger charge is -1.99. The van der Waals surface area contributed by atoms with Gasteiger partial charge in [-0.3, -0.25) is 0 Å². The van der Waals surface area contributed by atoms with Crippen LogP contribution >= 0.6 is 43.5 Å². The maximum Gasteiger partial charge on any atom is 0.258 e. The number of nitrogens with zero attached hydrogens (tertiary/aromatic N) is 2. The number of nitrogens with two attached hydrogens (primary N) is 1. The molecule has 0 fully saturated rings. The van der Waals surface area contributed by atoms with Crippen LogP contribution in [0, 0.1) is 0 Å². The summed E-state index contributed by atoms with van der Waals surface area (Å²) in [7, 11) is 0. The predicted octanol–water partition coefficient (Wildman–Crippen LogP) is 5.16. The van der Waals surface area contributed by atoms with E-state index in [1.807, 2.05) is 24.3 Å². The minimum Gasteiger partial charge on any atom is -0.398 e. The monoisotopic (exact) mass is 427 g/mol. The number of halogens is 3. The summed E-state index contributed by atoms with van der Waals surface area (Å²) in [5.41, 5.74) is 8.04. The number of hydrogen-bond donors (Lipinski definition) is 1. The molecule has 2 aromatic carbocycles. The van der Waals surface area contributed by atoms with Gasteiger partial charge >= 0.3 is 0 Å². The first kappa shape index (κ1) is 14.6. The Bertz CT molecular complexity index is 754. The molecule has 7 heteroatoms. The fraction of sp³-hybridized carbons (Fsp3) is 0. The Morgan fingerprint density at radius 1 is 1.00 bits per heavy atom. The van der Waals surface area contributed by atoms with Gasteiger partial charge in [-0.1, -0.05) is 16.8 Å². The van der Waals surface area contributed by atoms with Gasteiger partial charge in [0.1, 0.15) is 0 Å². The van der Waals surface area contributed by atoms with Gasteiger partial charge in [0.05, 0.1) is 5.02 Å². The van der Waals surface area contributed by atoms with Crippen molar-refractivity contribution in [2.45, 2.75) is 0 Å². The van der Waals surface area contributed by atoms with Gasteiger partial charge in [0.2, 0.25) is 5.82 Å². The average Bonchev–Trinajstić information content (AvgIpc) is 2.94. The Labute approximate surface area is 142 Å². The first-order chi connectivity index (χ1) is 10.0. The van der Waals surface area contributed by atoms with Crippen LogP contribution in [0.5, 0.6) is 0 Å². The highest BCUT2D eigenvalue weighted by Gasteiger charge is 2.12. The topological polar surface area (TPSA) is 64.9 Å². The fourth-order valence-corrected chi connectivity index (χ4v) is 2.51. The van der Waals surface area contributed by atoms with E-state index in [4.69, 9.17) is 21.9 Å². The molecule has 0 saturated heterocycles. The lowest BCUT2D eigenvalue weighted by molar-refractivity contribution is 0.432.